The van der Waals surface area contributed by atoms with Gasteiger partial charge in [-0.15, -0.1) is 0 Å². The SMILES string of the molecule is CC(=O)NC(C(=O)N1CC(O)CC1C(=O)NC(CC(=O)N1CCC(N2CCC(C#Cc3ccc(C(=O)NC4C(C)(C)C(Oc5ccc(C#N)c(Cl)c5)C4(C)C)cc3)CC2)CC1)c1ccccc1)C(C)C. The van der Waals surface area contributed by atoms with Gasteiger partial charge in [-0.1, -0.05) is 95.3 Å². The van der Waals surface area contributed by atoms with Gasteiger partial charge >= 0.3 is 0 Å². The largest absolute Gasteiger partial charge is 0.489 e. The lowest BCUT2D eigenvalue weighted by atomic mass is 9.49. The van der Waals surface area contributed by atoms with Gasteiger partial charge in [-0.3, -0.25) is 24.0 Å². The van der Waals surface area contributed by atoms with E-state index in [4.69, 9.17) is 16.3 Å². The molecule has 15 heteroatoms. The van der Waals surface area contributed by atoms with Crippen molar-refractivity contribution in [1.82, 2.24) is 30.7 Å². The quantitative estimate of drug-likeness (QED) is 0.144. The van der Waals surface area contributed by atoms with Crippen LogP contribution in [-0.2, 0) is 19.2 Å². The minimum atomic E-state index is -0.948. The first-order valence-electron chi connectivity index (χ1n) is 24.7. The third-order valence-corrected chi connectivity index (χ3v) is 15.2. The number of aliphatic hydroxyl groups excluding tert-OH is 1. The molecule has 3 aromatic rings. The Kier molecular flexibility index (Phi) is 16.3. The highest BCUT2D eigenvalue weighted by atomic mass is 35.5. The van der Waals surface area contributed by atoms with Gasteiger partial charge in [-0.2, -0.15) is 5.26 Å². The fraction of sp³-hybridized carbons (Fsp3) is 0.527. The number of benzene rings is 3. The zero-order valence-corrected chi connectivity index (χ0v) is 42.2. The van der Waals surface area contributed by atoms with Crippen molar-refractivity contribution in [3.63, 3.8) is 0 Å². The van der Waals surface area contributed by atoms with E-state index in [1.807, 2.05) is 73.3 Å². The molecule has 3 saturated heterocycles. The summed E-state index contributed by atoms with van der Waals surface area (Å²) in [5, 5.41) is 29.2. The number of ether oxygens (including phenoxy) is 1. The molecule has 4 unspecified atom stereocenters. The van der Waals surface area contributed by atoms with E-state index in [-0.39, 0.29) is 71.9 Å². The topological polar surface area (TPSA) is 184 Å². The van der Waals surface area contributed by atoms with Crippen molar-refractivity contribution in [2.45, 2.75) is 129 Å². The molecule has 3 aromatic carbocycles. The van der Waals surface area contributed by atoms with Gasteiger partial charge in [-0.25, -0.2) is 0 Å². The van der Waals surface area contributed by atoms with Gasteiger partial charge < -0.3 is 40.5 Å². The Morgan fingerprint density at radius 1 is 0.886 bits per heavy atom. The van der Waals surface area contributed by atoms with Gasteiger partial charge in [0, 0.05) is 79.0 Å². The van der Waals surface area contributed by atoms with Crippen molar-refractivity contribution in [3.8, 4) is 23.7 Å². The van der Waals surface area contributed by atoms with Crippen LogP contribution in [-0.4, -0.2) is 118 Å². The summed E-state index contributed by atoms with van der Waals surface area (Å²) in [4.78, 5) is 72.6. The van der Waals surface area contributed by atoms with Gasteiger partial charge in [0.15, 0.2) is 0 Å². The molecular weight excluding hydrogens is 906 g/mol. The number of halogens is 1. The predicted molar refractivity (Wildman–Crippen MR) is 267 cm³/mol. The van der Waals surface area contributed by atoms with Crippen LogP contribution in [0.4, 0.5) is 0 Å². The fourth-order valence-electron chi connectivity index (χ4n) is 11.3. The van der Waals surface area contributed by atoms with Crippen LogP contribution in [0.25, 0.3) is 0 Å². The molecule has 5 amide bonds. The van der Waals surface area contributed by atoms with E-state index in [0.717, 1.165) is 49.9 Å². The third-order valence-electron chi connectivity index (χ3n) is 14.9. The predicted octanol–water partition coefficient (Wildman–Crippen LogP) is 6.25. The molecule has 4 N–H and O–H groups in total. The summed E-state index contributed by atoms with van der Waals surface area (Å²) in [6, 6.07) is 21.7. The third kappa shape index (κ3) is 11.8. The number of β-amino-alcohol motifs (C(OH)–C–C–N with tert-alkyl or cyclic N) is 1. The van der Waals surface area contributed by atoms with Crippen LogP contribution in [0.5, 0.6) is 5.75 Å². The molecule has 4 aliphatic rings. The summed E-state index contributed by atoms with van der Waals surface area (Å²) < 4.78 is 6.38. The first kappa shape index (κ1) is 51.9. The maximum atomic E-state index is 13.9. The number of nitrogens with zero attached hydrogens (tertiary/aromatic N) is 4. The van der Waals surface area contributed by atoms with Gasteiger partial charge in [0.2, 0.25) is 23.6 Å². The van der Waals surface area contributed by atoms with Crippen molar-refractivity contribution in [1.29, 1.82) is 5.26 Å². The van der Waals surface area contributed by atoms with Crippen LogP contribution in [0.1, 0.15) is 120 Å². The average Bonchev–Trinajstić information content (AvgIpc) is 3.75. The van der Waals surface area contributed by atoms with E-state index in [1.54, 1.807) is 18.2 Å². The van der Waals surface area contributed by atoms with Crippen molar-refractivity contribution < 1.29 is 33.8 Å². The first-order chi connectivity index (χ1) is 33.3. The lowest BCUT2D eigenvalue weighted by Crippen LogP contribution is -2.74. The zero-order valence-electron chi connectivity index (χ0n) is 41.5. The Hall–Kier alpha value is -5.93. The van der Waals surface area contributed by atoms with E-state index < -0.39 is 36.0 Å². The number of hydrogen-bond acceptors (Lipinski definition) is 9. The van der Waals surface area contributed by atoms with E-state index in [9.17, 15) is 34.3 Å². The van der Waals surface area contributed by atoms with Crippen LogP contribution in [0, 0.1) is 45.8 Å². The van der Waals surface area contributed by atoms with Crippen molar-refractivity contribution >= 4 is 41.1 Å². The van der Waals surface area contributed by atoms with Crippen LogP contribution in [0.3, 0.4) is 0 Å². The fourth-order valence-corrected chi connectivity index (χ4v) is 11.5. The number of aliphatic hydroxyl groups is 1. The standard InChI is InChI=1S/C55H68ClN7O7/c1-34(2)48(58-35(3)64)51(69)63-33-42(65)29-46(63)50(68)59-45(38-11-9-8-10-12-38)31-47(66)62-27-23-41(24-28-62)61-25-21-37(22-26-61)14-13-36-15-17-39(18-16-36)49(67)60-52-54(4,5)53(55(52,6)7)70-43-20-19-40(32-57)44(56)30-43/h8-12,15-20,30,34,37,41-42,45-46,48,52-53,65H,21-29,31,33H2,1-7H3,(H,58,64)(H,59,68)(H,60,67). The van der Waals surface area contributed by atoms with Gasteiger partial charge in [0.1, 0.15) is 30.0 Å². The highest BCUT2D eigenvalue weighted by Crippen LogP contribution is 2.55. The van der Waals surface area contributed by atoms with Crippen LogP contribution >= 0.6 is 11.6 Å². The van der Waals surface area contributed by atoms with Crippen LogP contribution < -0.4 is 20.7 Å². The van der Waals surface area contributed by atoms with E-state index in [0.29, 0.717) is 41.0 Å². The van der Waals surface area contributed by atoms with E-state index in [2.05, 4.69) is 66.5 Å². The molecule has 0 aromatic heterocycles. The number of hydrogen-bond donors (Lipinski definition) is 4. The van der Waals surface area contributed by atoms with Crippen molar-refractivity contribution in [2.75, 3.05) is 32.7 Å². The average molecular weight is 975 g/mol. The Morgan fingerprint density at radius 3 is 2.14 bits per heavy atom. The summed E-state index contributed by atoms with van der Waals surface area (Å²) >= 11 is 6.26. The second kappa shape index (κ2) is 22.0. The Bertz CT molecular complexity index is 2480. The zero-order chi connectivity index (χ0) is 50.5. The molecule has 14 nitrogen and oxygen atoms in total. The molecule has 4 fully saturated rings. The molecule has 7 rings (SSSR count). The normalized spacial score (nSPS) is 23.2. The highest BCUT2D eigenvalue weighted by molar-refractivity contribution is 6.31. The molecule has 70 heavy (non-hydrogen) atoms. The number of rotatable bonds is 13. The number of amides is 5. The monoisotopic (exact) mass is 973 g/mol. The summed E-state index contributed by atoms with van der Waals surface area (Å²) in [5.41, 5.74) is 1.83. The van der Waals surface area contributed by atoms with Crippen LogP contribution in [0.2, 0.25) is 5.02 Å². The minimum Gasteiger partial charge on any atom is -0.489 e. The molecular formula is C55H68ClN7O7. The number of likely N-dealkylation sites (tertiary alicyclic amines) is 3. The number of piperidine rings is 2. The number of carbonyl (C=O) groups excluding carboxylic acids is 5. The number of nitrogens with one attached hydrogen (secondary N) is 3. The maximum Gasteiger partial charge on any atom is 0.251 e. The smallest absolute Gasteiger partial charge is 0.251 e. The molecule has 1 saturated carbocycles. The minimum absolute atomic E-state index is 0.0222. The summed E-state index contributed by atoms with van der Waals surface area (Å²) in [5.74, 6) is 6.00. The second-order valence-corrected chi connectivity index (χ2v) is 21.5. The Labute approximate surface area is 417 Å². The molecule has 372 valence electrons. The molecule has 0 bridgehead atoms. The first-order valence-corrected chi connectivity index (χ1v) is 25.1. The second-order valence-electron chi connectivity index (χ2n) is 21.1. The Balaban J connectivity index is 0.866. The van der Waals surface area contributed by atoms with E-state index >= 15 is 0 Å². The van der Waals surface area contributed by atoms with Gasteiger partial charge in [0.05, 0.1) is 29.2 Å². The summed E-state index contributed by atoms with van der Waals surface area (Å²) in [7, 11) is 0. The van der Waals surface area contributed by atoms with Gasteiger partial charge in [-0.05, 0) is 86.7 Å². The van der Waals surface area contributed by atoms with E-state index in [1.165, 1.54) is 11.8 Å². The van der Waals surface area contributed by atoms with Crippen molar-refractivity contribution in [3.05, 3.63) is 100 Å². The molecule has 0 radical (unpaired) electrons. The van der Waals surface area contributed by atoms with Crippen molar-refractivity contribution in [2.24, 2.45) is 22.7 Å². The molecule has 1 aliphatic carbocycles. The molecule has 3 aliphatic heterocycles. The summed E-state index contributed by atoms with van der Waals surface area (Å²) in [6.45, 7) is 16.4. The lowest BCUT2D eigenvalue weighted by molar-refractivity contribution is -0.164. The number of carbonyl (C=O) groups is 5. The molecule has 0 spiro atoms. The highest BCUT2D eigenvalue weighted by Gasteiger charge is 2.64. The van der Waals surface area contributed by atoms with Crippen LogP contribution in [0.15, 0.2) is 72.8 Å². The maximum absolute atomic E-state index is 13.9. The Morgan fingerprint density at radius 2 is 1.54 bits per heavy atom. The number of nitriles is 1. The molecule has 4 atom stereocenters. The summed E-state index contributed by atoms with van der Waals surface area (Å²) in [6.07, 6.45) is 2.62. The van der Waals surface area contributed by atoms with Gasteiger partial charge in [0.25, 0.3) is 5.91 Å². The molecule has 3 heterocycles. The lowest BCUT2D eigenvalue weighted by Gasteiger charge is -2.63.